The molecule has 494 valence electrons. The van der Waals surface area contributed by atoms with Crippen molar-refractivity contribution in [1.29, 1.82) is 0 Å². The van der Waals surface area contributed by atoms with Crippen LogP contribution in [0.3, 0.4) is 0 Å². The first-order valence-corrected chi connectivity index (χ1v) is 37.7. The number of hydrogen-bond acceptors (Lipinski definition) is 6. The van der Waals surface area contributed by atoms with Gasteiger partial charge >= 0.3 is 0 Å². The van der Waals surface area contributed by atoms with Gasteiger partial charge in [-0.3, -0.25) is 0 Å². The molecule has 0 fully saturated rings. The monoisotopic (exact) mass is 1350 g/mol. The van der Waals surface area contributed by atoms with Gasteiger partial charge in [-0.15, -0.1) is 0 Å². The third kappa shape index (κ3) is 9.90. The van der Waals surface area contributed by atoms with Gasteiger partial charge in [0.1, 0.15) is 22.3 Å². The van der Waals surface area contributed by atoms with Crippen LogP contribution in [0.5, 0.6) is 0 Å². The van der Waals surface area contributed by atoms with E-state index in [9.17, 15) is 0 Å². The number of rotatable bonds is 6. The van der Waals surface area contributed by atoms with E-state index in [4.69, 9.17) is 8.83 Å². The molecular weight excluding hydrogens is 1270 g/mol. The largest absolute Gasteiger partial charge is 0.455 e. The lowest BCUT2D eigenvalue weighted by molar-refractivity contribution is 0.568. The second-order valence-electron chi connectivity index (χ2n) is 32.8. The van der Waals surface area contributed by atoms with Gasteiger partial charge in [0.25, 0.3) is 0 Å². The predicted molar refractivity (Wildman–Crippen MR) is 437 cm³/mol. The topological polar surface area (TPSA) is 32.8 Å². The normalized spacial score (nSPS) is 13.9. The van der Waals surface area contributed by atoms with Crippen molar-refractivity contribution in [3.05, 3.63) is 277 Å². The van der Waals surface area contributed by atoms with E-state index in [0.29, 0.717) is 0 Å². The molecule has 102 heavy (non-hydrogen) atoms. The van der Waals surface area contributed by atoms with Crippen molar-refractivity contribution in [3.8, 4) is 44.5 Å². The number of para-hydroxylation sites is 4. The minimum atomic E-state index is -0.208. The van der Waals surface area contributed by atoms with E-state index in [0.717, 1.165) is 88.9 Å². The SMILES string of the molecule is CC(C)(C)c1cc(-c2cc3c4c(c2)N(c2ccccc2-c2ccccc2)c2cc5c(cc2B4c2ccc4c(oc6ccccc64)c2S3)B2c3ccc4c(oc6ccccc64)c3Sc3cc(-c4cc(C(C)(C)C)cc(C(C)(C)C)c4)cc(c32)N5c2ccccc2-c2ccccc2)cc(C(C)(C)C)c1. The van der Waals surface area contributed by atoms with Crippen molar-refractivity contribution >= 4 is 148 Å². The molecule has 4 aliphatic rings. The van der Waals surface area contributed by atoms with E-state index >= 15 is 0 Å². The lowest BCUT2D eigenvalue weighted by Crippen LogP contribution is -2.64. The minimum Gasteiger partial charge on any atom is -0.455 e. The number of furan rings is 2. The fourth-order valence-corrected chi connectivity index (χ4v) is 19.3. The molecule has 8 heteroatoms. The van der Waals surface area contributed by atoms with Crippen molar-refractivity contribution in [1.82, 2.24) is 0 Å². The van der Waals surface area contributed by atoms with E-state index in [1.807, 2.05) is 23.5 Å². The quantitative estimate of drug-likeness (QED) is 0.154. The molecule has 13 aromatic carbocycles. The molecule has 0 saturated heterocycles. The summed E-state index contributed by atoms with van der Waals surface area (Å²) in [5.41, 5.74) is 32.4. The van der Waals surface area contributed by atoms with E-state index in [2.05, 4.69) is 348 Å². The molecule has 0 radical (unpaired) electrons. The first kappa shape index (κ1) is 62.9. The Morgan fingerprint density at radius 2 is 0.627 bits per heavy atom. The molecule has 0 spiro atoms. The van der Waals surface area contributed by atoms with Gasteiger partial charge in [-0.1, -0.05) is 318 Å². The van der Waals surface area contributed by atoms with Crippen LogP contribution in [0.15, 0.2) is 283 Å². The van der Waals surface area contributed by atoms with Gasteiger partial charge < -0.3 is 18.6 Å². The van der Waals surface area contributed by atoms with Crippen LogP contribution in [0.1, 0.15) is 105 Å². The maximum absolute atomic E-state index is 7.20. The maximum Gasteiger partial charge on any atom is 0.249 e. The second kappa shape index (κ2) is 22.7. The Kier molecular flexibility index (Phi) is 14.0. The zero-order chi connectivity index (χ0) is 69.6. The Hall–Kier alpha value is -10.1. The lowest BCUT2D eigenvalue weighted by atomic mass is 9.31. The number of benzene rings is 13. The van der Waals surface area contributed by atoms with E-state index in [1.54, 1.807) is 0 Å². The van der Waals surface area contributed by atoms with Crippen LogP contribution in [0.25, 0.3) is 88.4 Å². The third-order valence-corrected chi connectivity index (χ3v) is 24.5. The Labute approximate surface area is 608 Å². The van der Waals surface area contributed by atoms with Crippen LogP contribution in [0.2, 0.25) is 0 Å². The second-order valence-corrected chi connectivity index (χ2v) is 34.9. The standard InChI is InChI=1S/C94H78B2N2O2S2/c1-91(2,3)61-43-57(44-62(51-61)92(4,5)6)59-47-79-85-83(49-59)101-89-71(41-39-69-67-33-21-25-37-81(67)99-87(69)89)95(85)73-53-74-78(54-77(73)97(79)75-35-23-19-31-65(75)55-27-15-13-16-28-55)98(76-36-24-20-32-66(76)56-29-17-14-18-30-56)80-48-60(58-45-63(93(7,8)9)52-64(46-58)94(10,11)12)50-84-86(80)96(74)72-42-40-70-68-34-22-26-38-82(68)100-88(70)90(72)102-84/h13-54H,1-12H3. The Morgan fingerprint density at radius 1 is 0.275 bits per heavy atom. The summed E-state index contributed by atoms with van der Waals surface area (Å²) >= 11 is 3.77. The Bertz CT molecular complexity index is 5610. The molecule has 19 rings (SSSR count). The highest BCUT2D eigenvalue weighted by Crippen LogP contribution is 2.54. The molecule has 6 heterocycles. The van der Waals surface area contributed by atoms with Gasteiger partial charge in [-0.2, -0.15) is 0 Å². The zero-order valence-corrected chi connectivity index (χ0v) is 61.6. The minimum absolute atomic E-state index is 0.102. The summed E-state index contributed by atoms with van der Waals surface area (Å²) in [6, 6.07) is 97.3. The van der Waals surface area contributed by atoms with E-state index in [1.165, 1.54) is 108 Å². The highest BCUT2D eigenvalue weighted by molar-refractivity contribution is 8.00. The first-order valence-electron chi connectivity index (χ1n) is 36.1. The smallest absolute Gasteiger partial charge is 0.249 e. The molecule has 0 atom stereocenters. The fourth-order valence-electron chi connectivity index (χ4n) is 16.7. The van der Waals surface area contributed by atoms with E-state index < -0.39 is 0 Å². The number of anilines is 6. The Morgan fingerprint density at radius 3 is 1.02 bits per heavy atom. The van der Waals surface area contributed by atoms with Crippen LogP contribution in [0.4, 0.5) is 34.1 Å². The summed E-state index contributed by atoms with van der Waals surface area (Å²) < 4.78 is 14.4. The number of nitrogens with zero attached hydrogens (tertiary/aromatic N) is 2. The van der Waals surface area contributed by atoms with Gasteiger partial charge in [-0.25, -0.2) is 0 Å². The lowest BCUT2D eigenvalue weighted by Gasteiger charge is -2.45. The van der Waals surface area contributed by atoms with Crippen molar-refractivity contribution < 1.29 is 8.83 Å². The average molecular weight is 1350 g/mol. The number of fused-ring (bicyclic) bond motifs is 16. The van der Waals surface area contributed by atoms with Crippen molar-refractivity contribution in [2.45, 2.75) is 124 Å². The highest BCUT2D eigenvalue weighted by Gasteiger charge is 2.48. The van der Waals surface area contributed by atoms with Crippen molar-refractivity contribution in [2.75, 3.05) is 9.80 Å². The molecule has 0 amide bonds. The first-order chi connectivity index (χ1) is 49.1. The maximum atomic E-state index is 7.20. The molecular formula is C94H78B2N2O2S2. The van der Waals surface area contributed by atoms with Crippen LogP contribution in [-0.2, 0) is 21.7 Å². The summed E-state index contributed by atoms with van der Waals surface area (Å²) in [4.78, 5) is 10.1. The van der Waals surface area contributed by atoms with Gasteiger partial charge in [-0.05, 0) is 154 Å². The highest BCUT2D eigenvalue weighted by atomic mass is 32.2. The average Bonchev–Trinajstić information content (AvgIpc) is 0.713. The summed E-state index contributed by atoms with van der Waals surface area (Å²) in [5, 5.41) is 4.52. The molecule has 0 unspecified atom stereocenters. The van der Waals surface area contributed by atoms with Gasteiger partial charge in [0.15, 0.2) is 0 Å². The summed E-state index contributed by atoms with van der Waals surface area (Å²) in [6.07, 6.45) is 0. The summed E-state index contributed by atoms with van der Waals surface area (Å²) in [6.45, 7) is 27.8. The third-order valence-electron chi connectivity index (χ3n) is 22.1. The summed E-state index contributed by atoms with van der Waals surface area (Å²) in [7, 11) is 0. The molecule has 0 aliphatic carbocycles. The zero-order valence-electron chi connectivity index (χ0n) is 59.9. The molecule has 0 N–H and O–H groups in total. The van der Waals surface area contributed by atoms with Crippen LogP contribution in [-0.4, -0.2) is 13.4 Å². The molecule has 4 nitrogen and oxygen atoms in total. The van der Waals surface area contributed by atoms with Crippen LogP contribution < -0.4 is 42.6 Å². The van der Waals surface area contributed by atoms with E-state index in [-0.39, 0.29) is 35.1 Å². The van der Waals surface area contributed by atoms with Crippen LogP contribution in [0, 0.1) is 0 Å². The molecule has 2 aromatic heterocycles. The molecule has 4 aliphatic heterocycles. The van der Waals surface area contributed by atoms with Crippen molar-refractivity contribution in [3.63, 3.8) is 0 Å². The van der Waals surface area contributed by atoms with Gasteiger partial charge in [0.2, 0.25) is 13.4 Å². The fraction of sp³-hybridized carbons (Fsp3) is 0.170. The Balaban J connectivity index is 0.973. The molecule has 15 aromatic rings. The van der Waals surface area contributed by atoms with Gasteiger partial charge in [0.05, 0.1) is 21.2 Å². The number of hydrogen-bond donors (Lipinski definition) is 0. The van der Waals surface area contributed by atoms with Gasteiger partial charge in [0, 0.05) is 65.2 Å². The summed E-state index contributed by atoms with van der Waals surface area (Å²) in [5.74, 6) is 0. The van der Waals surface area contributed by atoms with Crippen molar-refractivity contribution in [2.24, 2.45) is 0 Å². The van der Waals surface area contributed by atoms with Crippen LogP contribution >= 0.6 is 23.5 Å². The molecule has 0 bridgehead atoms. The molecule has 0 saturated carbocycles. The predicted octanol–water partition coefficient (Wildman–Crippen LogP) is 22.9.